The van der Waals surface area contributed by atoms with Gasteiger partial charge >= 0.3 is 0 Å². The first-order chi connectivity index (χ1) is 10.2. The number of fused-ring (bicyclic) bond motifs is 1. The number of hydrogen-bond acceptors (Lipinski definition) is 4. The van der Waals surface area contributed by atoms with E-state index in [2.05, 4.69) is 4.98 Å². The predicted octanol–water partition coefficient (Wildman–Crippen LogP) is 3.36. The number of hydrogen-bond donors (Lipinski definition) is 0. The second kappa shape index (κ2) is 6.45. The van der Waals surface area contributed by atoms with Gasteiger partial charge in [0, 0.05) is 17.6 Å². The zero-order chi connectivity index (χ0) is 14.7. The van der Waals surface area contributed by atoms with Crippen LogP contribution >= 0.6 is 11.6 Å². The van der Waals surface area contributed by atoms with Crippen molar-refractivity contribution in [1.29, 1.82) is 0 Å². The maximum Gasteiger partial charge on any atom is 0.255 e. The van der Waals surface area contributed by atoms with Crippen LogP contribution in [0.3, 0.4) is 0 Å². The third-order valence-electron chi connectivity index (χ3n) is 3.48. The normalized spacial score (nSPS) is 16.7. The Morgan fingerprint density at radius 3 is 3.05 bits per heavy atom. The number of carbonyl (C=O) groups is 1. The van der Waals surface area contributed by atoms with Crippen molar-refractivity contribution in [2.75, 3.05) is 13.2 Å². The van der Waals surface area contributed by atoms with Gasteiger partial charge < -0.3 is 4.42 Å². The Morgan fingerprint density at radius 2 is 2.14 bits per heavy atom. The zero-order valence-electron chi connectivity index (χ0n) is 11.7. The molecule has 112 valence electrons. The first-order valence-electron chi connectivity index (χ1n) is 7.20. The van der Waals surface area contributed by atoms with Gasteiger partial charge in [-0.3, -0.25) is 9.63 Å². The fraction of sp³-hybridized carbons (Fsp3) is 0.467. The highest BCUT2D eigenvalue weighted by atomic mass is 35.5. The standard InChI is InChI=1S/C15H17ClN2O3/c16-11-5-6-12-13(9-11)21-14(17-12)10-15(19)18-7-3-1-2-4-8-20-18/h5-6,9H,1-4,7-8,10H2. The lowest BCUT2D eigenvalue weighted by Crippen LogP contribution is -2.34. The molecule has 1 aromatic heterocycles. The summed E-state index contributed by atoms with van der Waals surface area (Å²) < 4.78 is 5.57. The number of halogens is 1. The number of aromatic nitrogens is 1. The van der Waals surface area contributed by atoms with Crippen LogP contribution in [0.2, 0.25) is 5.02 Å². The van der Waals surface area contributed by atoms with Crippen molar-refractivity contribution in [1.82, 2.24) is 10.0 Å². The first kappa shape index (κ1) is 14.4. The molecule has 0 unspecified atom stereocenters. The summed E-state index contributed by atoms with van der Waals surface area (Å²) >= 11 is 5.91. The summed E-state index contributed by atoms with van der Waals surface area (Å²) in [6.45, 7) is 1.22. The van der Waals surface area contributed by atoms with E-state index in [9.17, 15) is 4.79 Å². The first-order valence-corrected chi connectivity index (χ1v) is 7.58. The Hall–Kier alpha value is -1.59. The van der Waals surface area contributed by atoms with Gasteiger partial charge in [-0.2, -0.15) is 0 Å². The molecular weight excluding hydrogens is 292 g/mol. The minimum absolute atomic E-state index is 0.103. The monoisotopic (exact) mass is 308 g/mol. The van der Waals surface area contributed by atoms with E-state index in [0.29, 0.717) is 35.2 Å². The molecule has 1 aliphatic heterocycles. The second-order valence-electron chi connectivity index (χ2n) is 5.14. The van der Waals surface area contributed by atoms with Crippen LogP contribution < -0.4 is 0 Å². The van der Waals surface area contributed by atoms with Crippen LogP contribution in [-0.4, -0.2) is 29.1 Å². The maximum absolute atomic E-state index is 12.3. The topological polar surface area (TPSA) is 55.6 Å². The quantitative estimate of drug-likeness (QED) is 0.853. The Kier molecular flexibility index (Phi) is 4.41. The molecule has 21 heavy (non-hydrogen) atoms. The minimum Gasteiger partial charge on any atom is -0.440 e. The van der Waals surface area contributed by atoms with Crippen molar-refractivity contribution in [2.24, 2.45) is 0 Å². The highest BCUT2D eigenvalue weighted by Crippen LogP contribution is 2.20. The van der Waals surface area contributed by atoms with Gasteiger partial charge in [0.15, 0.2) is 5.58 Å². The molecule has 0 bridgehead atoms. The number of nitrogens with zero attached hydrogens (tertiary/aromatic N) is 2. The molecule has 1 aliphatic rings. The molecule has 2 heterocycles. The van der Waals surface area contributed by atoms with Gasteiger partial charge in [0.05, 0.1) is 6.61 Å². The molecule has 1 aromatic carbocycles. The van der Waals surface area contributed by atoms with Crippen LogP contribution in [0.15, 0.2) is 22.6 Å². The average Bonchev–Trinajstić information content (AvgIpc) is 2.79. The van der Waals surface area contributed by atoms with Crippen molar-refractivity contribution < 1.29 is 14.0 Å². The average molecular weight is 309 g/mol. The molecular formula is C15H17ClN2O3. The summed E-state index contributed by atoms with van der Waals surface area (Å²) in [6, 6.07) is 5.23. The van der Waals surface area contributed by atoms with Gasteiger partial charge in [-0.1, -0.05) is 24.4 Å². The van der Waals surface area contributed by atoms with Crippen LogP contribution in [0, 0.1) is 0 Å². The molecule has 1 saturated heterocycles. The third kappa shape index (κ3) is 3.54. The number of benzene rings is 1. The smallest absolute Gasteiger partial charge is 0.255 e. The Labute approximate surface area is 127 Å². The summed E-state index contributed by atoms with van der Waals surface area (Å²) in [7, 11) is 0. The molecule has 3 rings (SSSR count). The van der Waals surface area contributed by atoms with E-state index in [1.165, 1.54) is 5.06 Å². The molecule has 5 nitrogen and oxygen atoms in total. The molecule has 1 fully saturated rings. The van der Waals surface area contributed by atoms with Gasteiger partial charge in [0.2, 0.25) is 5.89 Å². The number of carbonyl (C=O) groups excluding carboxylic acids is 1. The van der Waals surface area contributed by atoms with Crippen molar-refractivity contribution in [3.8, 4) is 0 Å². The van der Waals surface area contributed by atoms with E-state index in [-0.39, 0.29) is 12.3 Å². The van der Waals surface area contributed by atoms with Crippen molar-refractivity contribution in [3.05, 3.63) is 29.1 Å². The van der Waals surface area contributed by atoms with Gasteiger partial charge in [0.25, 0.3) is 5.91 Å². The molecule has 0 spiro atoms. The van der Waals surface area contributed by atoms with E-state index in [4.69, 9.17) is 20.9 Å². The van der Waals surface area contributed by atoms with Crippen LogP contribution in [0.1, 0.15) is 31.6 Å². The minimum atomic E-state index is -0.116. The van der Waals surface area contributed by atoms with Gasteiger partial charge in [-0.15, -0.1) is 0 Å². The zero-order valence-corrected chi connectivity index (χ0v) is 12.4. The predicted molar refractivity (Wildman–Crippen MR) is 78.9 cm³/mol. The Balaban J connectivity index is 1.69. The van der Waals surface area contributed by atoms with Crippen LogP contribution in [-0.2, 0) is 16.1 Å². The van der Waals surface area contributed by atoms with Crippen LogP contribution in [0.25, 0.3) is 11.1 Å². The van der Waals surface area contributed by atoms with Gasteiger partial charge in [-0.05, 0) is 25.0 Å². The third-order valence-corrected chi connectivity index (χ3v) is 3.71. The summed E-state index contributed by atoms with van der Waals surface area (Å²) in [4.78, 5) is 22.1. The summed E-state index contributed by atoms with van der Waals surface area (Å²) in [5.41, 5.74) is 1.30. The van der Waals surface area contributed by atoms with E-state index in [0.717, 1.165) is 25.7 Å². The maximum atomic E-state index is 12.3. The second-order valence-corrected chi connectivity index (χ2v) is 5.58. The molecule has 0 N–H and O–H groups in total. The largest absolute Gasteiger partial charge is 0.440 e. The fourth-order valence-corrected chi connectivity index (χ4v) is 2.55. The van der Waals surface area contributed by atoms with Crippen molar-refractivity contribution >= 4 is 28.6 Å². The van der Waals surface area contributed by atoms with Crippen molar-refractivity contribution in [3.63, 3.8) is 0 Å². The SMILES string of the molecule is O=C(Cc1nc2ccc(Cl)cc2o1)N1CCCCCCO1. The number of rotatable bonds is 2. The van der Waals surface area contributed by atoms with E-state index in [1.54, 1.807) is 18.2 Å². The fourth-order valence-electron chi connectivity index (χ4n) is 2.39. The molecule has 1 amide bonds. The van der Waals surface area contributed by atoms with Crippen LogP contribution in [0.5, 0.6) is 0 Å². The highest BCUT2D eigenvalue weighted by Gasteiger charge is 2.19. The van der Waals surface area contributed by atoms with E-state index < -0.39 is 0 Å². The van der Waals surface area contributed by atoms with E-state index >= 15 is 0 Å². The number of amides is 1. The van der Waals surface area contributed by atoms with Gasteiger partial charge in [-0.25, -0.2) is 10.0 Å². The Bertz CT molecular complexity index is 633. The molecule has 2 aromatic rings. The number of hydroxylamine groups is 2. The molecule has 0 radical (unpaired) electrons. The van der Waals surface area contributed by atoms with Gasteiger partial charge in [0.1, 0.15) is 11.9 Å². The lowest BCUT2D eigenvalue weighted by atomic mass is 10.2. The summed E-state index contributed by atoms with van der Waals surface area (Å²) in [5, 5.41) is 2.03. The molecule has 0 aliphatic carbocycles. The van der Waals surface area contributed by atoms with Crippen molar-refractivity contribution in [2.45, 2.75) is 32.1 Å². The number of oxazole rings is 1. The lowest BCUT2D eigenvalue weighted by Gasteiger charge is -2.23. The van der Waals surface area contributed by atoms with E-state index in [1.807, 2.05) is 0 Å². The highest BCUT2D eigenvalue weighted by molar-refractivity contribution is 6.31. The summed E-state index contributed by atoms with van der Waals surface area (Å²) in [5.74, 6) is 0.275. The molecule has 0 saturated carbocycles. The Morgan fingerprint density at radius 1 is 1.29 bits per heavy atom. The summed E-state index contributed by atoms with van der Waals surface area (Å²) in [6.07, 6.45) is 4.36. The molecule has 6 heteroatoms. The lowest BCUT2D eigenvalue weighted by molar-refractivity contribution is -0.189. The molecule has 0 atom stereocenters. The van der Waals surface area contributed by atoms with Crippen LogP contribution in [0.4, 0.5) is 0 Å².